The van der Waals surface area contributed by atoms with Gasteiger partial charge in [0.2, 0.25) is 0 Å². The number of carboxylic acids is 2. The summed E-state index contributed by atoms with van der Waals surface area (Å²) in [5.41, 5.74) is -10.6. The maximum Gasteiger partial charge on any atom is 0.347 e. The Morgan fingerprint density at radius 3 is 1.05 bits per heavy atom. The number of carboxylic acid groups (broad SMARTS) is 2. The van der Waals surface area contributed by atoms with Gasteiger partial charge >= 0.3 is 35.8 Å². The highest BCUT2D eigenvalue weighted by Gasteiger charge is 2.69. The number of aliphatic carboxylic acids is 2. The van der Waals surface area contributed by atoms with E-state index in [9.17, 15) is 58.8 Å². The summed E-state index contributed by atoms with van der Waals surface area (Å²) in [6, 6.07) is 5.89. The van der Waals surface area contributed by atoms with E-state index in [0.29, 0.717) is 0 Å². The molecule has 234 valence electrons. The van der Waals surface area contributed by atoms with Crippen molar-refractivity contribution in [2.45, 2.75) is 24.0 Å². The summed E-state index contributed by atoms with van der Waals surface area (Å²) in [5, 5.41) is 41.6. The van der Waals surface area contributed by atoms with Crippen molar-refractivity contribution >= 4 is 47.4 Å². The van der Waals surface area contributed by atoms with Gasteiger partial charge in [-0.3, -0.25) is 9.59 Å². The lowest BCUT2D eigenvalue weighted by Crippen LogP contribution is -2.72. The standard InChI is InChI=1S/C28H26O16/c1-41-21(31)15-7-5-13(9-17(15)23(33)43-3)11-19(29)27(39,25(35)36)28(40,26(37)38)20(30)12-14-6-8-16(22(32)42-2)18(10-14)24(34)44-4/h5-10,39-40H,11-12H2,1-4H3,(H,35,36)(H,37,38)/t27-,28-/m0/s1. The van der Waals surface area contributed by atoms with Crippen molar-refractivity contribution in [3.63, 3.8) is 0 Å². The van der Waals surface area contributed by atoms with Gasteiger partial charge in [0.25, 0.3) is 11.2 Å². The van der Waals surface area contributed by atoms with Gasteiger partial charge in [0.05, 0.1) is 50.7 Å². The molecule has 0 saturated carbocycles. The molecule has 0 aliphatic heterocycles. The molecule has 16 heteroatoms. The number of ether oxygens (including phenoxy) is 4. The summed E-state index contributed by atoms with van der Waals surface area (Å²) in [6.45, 7) is 0. The first kappa shape index (κ1) is 34.7. The molecule has 0 fully saturated rings. The molecule has 44 heavy (non-hydrogen) atoms. The highest BCUT2D eigenvalue weighted by atomic mass is 16.5. The van der Waals surface area contributed by atoms with E-state index in [1.165, 1.54) is 0 Å². The summed E-state index contributed by atoms with van der Waals surface area (Å²) in [5.74, 6) is -13.1. The minimum Gasteiger partial charge on any atom is -0.479 e. The molecule has 4 N–H and O–H groups in total. The Kier molecular flexibility index (Phi) is 10.8. The van der Waals surface area contributed by atoms with Gasteiger partial charge < -0.3 is 39.4 Å². The summed E-state index contributed by atoms with van der Waals surface area (Å²) in [6.07, 6.45) is -2.34. The van der Waals surface area contributed by atoms with Crippen LogP contribution in [0.2, 0.25) is 0 Å². The molecule has 0 radical (unpaired) electrons. The first-order valence-corrected chi connectivity index (χ1v) is 12.1. The van der Waals surface area contributed by atoms with E-state index in [4.69, 9.17) is 0 Å². The number of hydrogen-bond acceptors (Lipinski definition) is 14. The van der Waals surface area contributed by atoms with Crippen molar-refractivity contribution in [1.29, 1.82) is 0 Å². The van der Waals surface area contributed by atoms with Crippen LogP contribution in [0.1, 0.15) is 52.6 Å². The fourth-order valence-electron chi connectivity index (χ4n) is 4.11. The molecular formula is C28H26O16. The molecule has 0 aliphatic rings. The molecule has 16 nitrogen and oxygen atoms in total. The summed E-state index contributed by atoms with van der Waals surface area (Å²) < 4.78 is 18.3. The molecule has 0 unspecified atom stereocenters. The highest BCUT2D eigenvalue weighted by Crippen LogP contribution is 2.30. The van der Waals surface area contributed by atoms with Crippen molar-refractivity contribution < 1.29 is 77.7 Å². The SMILES string of the molecule is COC(=O)c1ccc(CC(=O)[C@](O)(C(=O)O)[C@@](O)(C(=O)O)C(=O)Cc2ccc(C(=O)OC)c(C(=O)OC)c2)cc1C(=O)OC. The minimum absolute atomic E-state index is 0.260. The average molecular weight is 619 g/mol. The lowest BCUT2D eigenvalue weighted by atomic mass is 9.73. The number of Topliss-reactive ketones (excluding diaryl/α,β-unsaturated/α-hetero) is 2. The predicted molar refractivity (Wildman–Crippen MR) is 141 cm³/mol. The maximum atomic E-state index is 13.2. The summed E-state index contributed by atoms with van der Waals surface area (Å²) >= 11 is 0. The third-order valence-electron chi connectivity index (χ3n) is 6.47. The Bertz CT molecular complexity index is 1440. The van der Waals surface area contributed by atoms with Gasteiger partial charge in [-0.1, -0.05) is 12.1 Å². The molecule has 0 spiro atoms. The maximum absolute atomic E-state index is 13.2. The average Bonchev–Trinajstić information content (AvgIpc) is 3.01. The van der Waals surface area contributed by atoms with E-state index in [2.05, 4.69) is 18.9 Å². The van der Waals surface area contributed by atoms with Crippen LogP contribution in [0.25, 0.3) is 0 Å². The third kappa shape index (κ3) is 6.30. The predicted octanol–water partition coefficient (Wildman–Crippen LogP) is -0.612. The minimum atomic E-state index is -4.31. The Labute approximate surface area is 247 Å². The first-order valence-electron chi connectivity index (χ1n) is 12.1. The number of esters is 4. The monoisotopic (exact) mass is 618 g/mol. The number of methoxy groups -OCH3 is 4. The third-order valence-corrected chi connectivity index (χ3v) is 6.47. The largest absolute Gasteiger partial charge is 0.479 e. The molecule has 0 aliphatic carbocycles. The van der Waals surface area contributed by atoms with Crippen LogP contribution >= 0.6 is 0 Å². The van der Waals surface area contributed by atoms with Crippen LogP contribution in [0.4, 0.5) is 0 Å². The number of rotatable bonds is 13. The zero-order chi connectivity index (χ0) is 33.6. The van der Waals surface area contributed by atoms with Crippen molar-refractivity contribution in [3.05, 3.63) is 69.8 Å². The van der Waals surface area contributed by atoms with E-state index in [1.807, 2.05) is 0 Å². The first-order chi connectivity index (χ1) is 20.5. The zero-order valence-electron chi connectivity index (χ0n) is 23.6. The normalized spacial score (nSPS) is 13.3. The number of benzene rings is 2. The van der Waals surface area contributed by atoms with Gasteiger partial charge in [-0.05, 0) is 35.4 Å². The second-order valence-corrected chi connectivity index (χ2v) is 8.96. The van der Waals surface area contributed by atoms with E-state index >= 15 is 0 Å². The van der Waals surface area contributed by atoms with E-state index in [1.54, 1.807) is 0 Å². The van der Waals surface area contributed by atoms with Gasteiger partial charge in [-0.2, -0.15) is 0 Å². The molecule has 2 atom stereocenters. The molecule has 2 rings (SSSR count). The summed E-state index contributed by atoms with van der Waals surface area (Å²) in [7, 11) is 3.98. The molecule has 0 heterocycles. The van der Waals surface area contributed by atoms with Crippen LogP contribution in [0.15, 0.2) is 36.4 Å². The molecule has 0 saturated heterocycles. The number of hydrogen-bond donors (Lipinski definition) is 4. The lowest BCUT2D eigenvalue weighted by molar-refractivity contribution is -0.207. The second-order valence-electron chi connectivity index (χ2n) is 8.96. The van der Waals surface area contributed by atoms with E-state index in [-0.39, 0.29) is 22.3 Å². The number of ketones is 2. The van der Waals surface area contributed by atoms with Gasteiger partial charge in [0.1, 0.15) is 0 Å². The Hall–Kier alpha value is -5.48. The van der Waals surface area contributed by atoms with Crippen molar-refractivity contribution in [3.8, 4) is 0 Å². The van der Waals surface area contributed by atoms with Crippen LogP contribution in [0, 0.1) is 0 Å². The van der Waals surface area contributed by atoms with Crippen LogP contribution < -0.4 is 0 Å². The molecule has 2 aromatic rings. The lowest BCUT2D eigenvalue weighted by Gasteiger charge is -2.34. The van der Waals surface area contributed by atoms with Crippen molar-refractivity contribution in [2.24, 2.45) is 0 Å². The Morgan fingerprint density at radius 2 is 0.795 bits per heavy atom. The second kappa shape index (κ2) is 13.7. The van der Waals surface area contributed by atoms with Gasteiger partial charge in [-0.15, -0.1) is 0 Å². The van der Waals surface area contributed by atoms with Gasteiger partial charge in [0.15, 0.2) is 11.6 Å². The Balaban J connectivity index is 2.60. The van der Waals surface area contributed by atoms with E-state index in [0.717, 1.165) is 64.8 Å². The van der Waals surface area contributed by atoms with Gasteiger partial charge in [-0.25, -0.2) is 28.8 Å². The Morgan fingerprint density at radius 1 is 0.523 bits per heavy atom. The smallest absolute Gasteiger partial charge is 0.347 e. The van der Waals surface area contributed by atoms with Crippen LogP contribution in [-0.2, 0) is 51.0 Å². The quantitative estimate of drug-likeness (QED) is 0.124. The number of aliphatic hydroxyl groups is 2. The van der Waals surface area contributed by atoms with Crippen molar-refractivity contribution in [2.75, 3.05) is 28.4 Å². The van der Waals surface area contributed by atoms with Crippen LogP contribution in [-0.4, -0.2) is 107 Å². The zero-order valence-corrected chi connectivity index (χ0v) is 23.6. The molecule has 0 amide bonds. The molecule has 0 bridgehead atoms. The fraction of sp³-hybridized carbons (Fsp3) is 0.286. The molecule has 0 aromatic heterocycles. The topological polar surface area (TPSA) is 254 Å². The van der Waals surface area contributed by atoms with Gasteiger partial charge in [0, 0.05) is 12.8 Å². The summed E-state index contributed by atoms with van der Waals surface area (Å²) in [4.78, 5) is 99.3. The number of carbonyl (C=O) groups excluding carboxylic acids is 6. The number of carbonyl (C=O) groups is 8. The van der Waals surface area contributed by atoms with Crippen molar-refractivity contribution in [1.82, 2.24) is 0 Å². The van der Waals surface area contributed by atoms with E-state index < -0.39 is 82.6 Å². The van der Waals surface area contributed by atoms with Crippen LogP contribution in [0.5, 0.6) is 0 Å². The molecular weight excluding hydrogens is 592 g/mol. The van der Waals surface area contributed by atoms with Crippen LogP contribution in [0.3, 0.4) is 0 Å². The highest BCUT2D eigenvalue weighted by molar-refractivity contribution is 6.22. The molecule has 2 aromatic carbocycles. The fourth-order valence-corrected chi connectivity index (χ4v) is 4.11.